The van der Waals surface area contributed by atoms with E-state index in [1.807, 2.05) is 6.92 Å². The van der Waals surface area contributed by atoms with Gasteiger partial charge in [0, 0.05) is 5.69 Å². The number of hydrogen-bond acceptors (Lipinski definition) is 6. The number of carbonyl (C=O) groups excluding carboxylic acids is 2. The van der Waals surface area contributed by atoms with E-state index in [2.05, 4.69) is 20.5 Å². The Balaban J connectivity index is 1.99. The summed E-state index contributed by atoms with van der Waals surface area (Å²) in [5.74, 6) is -0.855. The van der Waals surface area contributed by atoms with Gasteiger partial charge in [0.05, 0.1) is 12.2 Å². The van der Waals surface area contributed by atoms with Gasteiger partial charge in [0.2, 0.25) is 11.8 Å². The van der Waals surface area contributed by atoms with Gasteiger partial charge in [0.25, 0.3) is 5.91 Å². The van der Waals surface area contributed by atoms with Gasteiger partial charge in [-0.3, -0.25) is 9.89 Å². The van der Waals surface area contributed by atoms with E-state index in [0.29, 0.717) is 17.9 Å². The highest BCUT2D eigenvalue weighted by atomic mass is 16.5. The van der Waals surface area contributed by atoms with Crippen molar-refractivity contribution in [1.29, 1.82) is 0 Å². The first kappa shape index (κ1) is 14.5. The maximum Gasteiger partial charge on any atom is 0.338 e. The van der Waals surface area contributed by atoms with Crippen LogP contribution in [0.4, 0.5) is 11.6 Å². The summed E-state index contributed by atoms with van der Waals surface area (Å²) in [6, 6.07) is 6.34. The van der Waals surface area contributed by atoms with Gasteiger partial charge in [0.15, 0.2) is 0 Å². The van der Waals surface area contributed by atoms with Crippen LogP contribution in [0.25, 0.3) is 0 Å². The van der Waals surface area contributed by atoms with Crippen LogP contribution in [0.5, 0.6) is 0 Å². The fourth-order valence-electron chi connectivity index (χ4n) is 1.53. The molecule has 2 rings (SSSR count). The highest BCUT2D eigenvalue weighted by Crippen LogP contribution is 2.11. The topological polar surface area (TPSA) is 123 Å². The van der Waals surface area contributed by atoms with Crippen LogP contribution in [0.1, 0.15) is 34.3 Å². The largest absolute Gasteiger partial charge is 0.462 e. The van der Waals surface area contributed by atoms with Crippen molar-refractivity contribution in [2.24, 2.45) is 0 Å². The van der Waals surface area contributed by atoms with Gasteiger partial charge in [-0.25, -0.2) is 4.79 Å². The van der Waals surface area contributed by atoms with Crippen molar-refractivity contribution in [3.8, 4) is 0 Å². The fourth-order valence-corrected chi connectivity index (χ4v) is 1.53. The molecule has 1 aromatic heterocycles. The van der Waals surface area contributed by atoms with E-state index in [1.165, 1.54) is 0 Å². The van der Waals surface area contributed by atoms with Crippen molar-refractivity contribution < 1.29 is 14.3 Å². The summed E-state index contributed by atoms with van der Waals surface area (Å²) in [5.41, 5.74) is 6.26. The number of ether oxygens (including phenoxy) is 1. The molecule has 0 atom stereocenters. The third-order valence-corrected chi connectivity index (χ3v) is 2.53. The van der Waals surface area contributed by atoms with Gasteiger partial charge < -0.3 is 15.8 Å². The number of aromatic nitrogens is 3. The molecule has 0 spiro atoms. The number of nitrogens with two attached hydrogens (primary N) is 1. The molecule has 0 aliphatic heterocycles. The van der Waals surface area contributed by atoms with E-state index in [9.17, 15) is 9.59 Å². The van der Waals surface area contributed by atoms with Crippen LogP contribution in [0, 0.1) is 0 Å². The number of amides is 1. The molecule has 1 aromatic carbocycles. The van der Waals surface area contributed by atoms with E-state index in [4.69, 9.17) is 10.5 Å². The van der Waals surface area contributed by atoms with Crippen LogP contribution >= 0.6 is 0 Å². The monoisotopic (exact) mass is 289 g/mol. The van der Waals surface area contributed by atoms with Gasteiger partial charge in [-0.2, -0.15) is 4.98 Å². The number of anilines is 2. The van der Waals surface area contributed by atoms with Crippen LogP contribution in [-0.2, 0) is 4.74 Å². The average Bonchev–Trinajstić information content (AvgIpc) is 2.92. The minimum absolute atomic E-state index is 0.00540. The molecule has 8 nitrogen and oxygen atoms in total. The highest BCUT2D eigenvalue weighted by Gasteiger charge is 2.11. The van der Waals surface area contributed by atoms with Gasteiger partial charge in [0.1, 0.15) is 0 Å². The Bertz CT molecular complexity index is 636. The number of nitrogen functional groups attached to an aromatic ring is 1. The Morgan fingerprint density at radius 1 is 1.33 bits per heavy atom. The van der Waals surface area contributed by atoms with Gasteiger partial charge in [-0.15, -0.1) is 5.10 Å². The van der Waals surface area contributed by atoms with E-state index < -0.39 is 11.9 Å². The molecule has 2 aromatic rings. The molecular weight excluding hydrogens is 274 g/mol. The van der Waals surface area contributed by atoms with Crippen molar-refractivity contribution >= 4 is 23.5 Å². The standard InChI is InChI=1S/C13H15N5O3/c1-2-7-21-12(20)8-3-5-9(6-4-8)15-11(19)10-16-13(14)18-17-10/h3-6H,2,7H2,1H3,(H,15,19)(H3,14,16,17,18). The number of hydrogen-bond donors (Lipinski definition) is 3. The number of esters is 1. The van der Waals surface area contributed by atoms with Gasteiger partial charge in [-0.1, -0.05) is 6.92 Å². The van der Waals surface area contributed by atoms with Crippen molar-refractivity contribution in [1.82, 2.24) is 15.2 Å². The van der Waals surface area contributed by atoms with Crippen molar-refractivity contribution in [2.45, 2.75) is 13.3 Å². The number of aromatic amines is 1. The Hall–Kier alpha value is -2.90. The summed E-state index contributed by atoms with van der Waals surface area (Å²) in [6.45, 7) is 2.30. The Labute approximate surface area is 120 Å². The zero-order valence-electron chi connectivity index (χ0n) is 11.4. The van der Waals surface area contributed by atoms with Crippen LogP contribution in [-0.4, -0.2) is 33.7 Å². The maximum absolute atomic E-state index is 11.8. The average molecular weight is 289 g/mol. The maximum atomic E-state index is 11.8. The molecule has 0 aliphatic carbocycles. The molecule has 0 radical (unpaired) electrons. The van der Waals surface area contributed by atoms with Gasteiger partial charge in [-0.05, 0) is 30.7 Å². The van der Waals surface area contributed by atoms with E-state index in [-0.39, 0.29) is 11.8 Å². The van der Waals surface area contributed by atoms with Crippen molar-refractivity contribution in [2.75, 3.05) is 17.7 Å². The minimum Gasteiger partial charge on any atom is -0.462 e. The molecule has 0 fully saturated rings. The summed E-state index contributed by atoms with van der Waals surface area (Å²) in [6.07, 6.45) is 0.764. The molecule has 1 amide bonds. The van der Waals surface area contributed by atoms with Crippen LogP contribution in [0.15, 0.2) is 24.3 Å². The Kier molecular flexibility index (Phi) is 4.50. The van der Waals surface area contributed by atoms with E-state index in [0.717, 1.165) is 6.42 Å². The zero-order valence-corrected chi connectivity index (χ0v) is 11.4. The minimum atomic E-state index is -0.472. The second kappa shape index (κ2) is 6.51. The normalized spacial score (nSPS) is 10.1. The predicted molar refractivity (Wildman–Crippen MR) is 75.8 cm³/mol. The molecule has 8 heteroatoms. The lowest BCUT2D eigenvalue weighted by Crippen LogP contribution is -2.14. The first-order valence-electron chi connectivity index (χ1n) is 6.36. The van der Waals surface area contributed by atoms with Crippen molar-refractivity contribution in [3.05, 3.63) is 35.7 Å². The third-order valence-electron chi connectivity index (χ3n) is 2.53. The number of H-pyrrole nitrogens is 1. The van der Waals surface area contributed by atoms with Crippen LogP contribution in [0.2, 0.25) is 0 Å². The lowest BCUT2D eigenvalue weighted by molar-refractivity contribution is 0.0505. The molecule has 110 valence electrons. The third kappa shape index (κ3) is 3.78. The van der Waals surface area contributed by atoms with Crippen LogP contribution in [0.3, 0.4) is 0 Å². The second-order valence-electron chi connectivity index (χ2n) is 4.21. The quantitative estimate of drug-likeness (QED) is 0.711. The van der Waals surface area contributed by atoms with E-state index in [1.54, 1.807) is 24.3 Å². The smallest absolute Gasteiger partial charge is 0.338 e. The lowest BCUT2D eigenvalue weighted by atomic mass is 10.2. The summed E-state index contributed by atoms with van der Waals surface area (Å²) >= 11 is 0. The molecule has 1 heterocycles. The second-order valence-corrected chi connectivity index (χ2v) is 4.21. The first-order valence-corrected chi connectivity index (χ1v) is 6.36. The zero-order chi connectivity index (χ0) is 15.2. The number of nitrogens with one attached hydrogen (secondary N) is 2. The number of benzene rings is 1. The highest BCUT2D eigenvalue weighted by molar-refractivity contribution is 6.02. The predicted octanol–water partition coefficient (Wildman–Crippen LogP) is 1.21. The van der Waals surface area contributed by atoms with Gasteiger partial charge >= 0.3 is 5.97 Å². The molecule has 0 unspecified atom stereocenters. The molecule has 0 bridgehead atoms. The fraction of sp³-hybridized carbons (Fsp3) is 0.231. The lowest BCUT2D eigenvalue weighted by Gasteiger charge is -2.05. The summed E-state index contributed by atoms with van der Waals surface area (Å²) < 4.78 is 5.01. The molecular formula is C13H15N5O3. The summed E-state index contributed by atoms with van der Waals surface area (Å²) in [4.78, 5) is 27.1. The van der Waals surface area contributed by atoms with Crippen molar-refractivity contribution in [3.63, 3.8) is 0 Å². The Morgan fingerprint density at radius 3 is 2.62 bits per heavy atom. The molecule has 0 saturated heterocycles. The first-order chi connectivity index (χ1) is 10.1. The molecule has 21 heavy (non-hydrogen) atoms. The number of carbonyl (C=O) groups is 2. The Morgan fingerprint density at radius 2 is 2.05 bits per heavy atom. The summed E-state index contributed by atoms with van der Waals surface area (Å²) in [5, 5.41) is 8.57. The molecule has 4 N–H and O–H groups in total. The van der Waals surface area contributed by atoms with Crippen LogP contribution < -0.4 is 11.1 Å². The van der Waals surface area contributed by atoms with E-state index >= 15 is 0 Å². The SMILES string of the molecule is CCCOC(=O)c1ccc(NC(=O)c2nc(N)n[nH]2)cc1. The number of rotatable bonds is 5. The summed E-state index contributed by atoms with van der Waals surface area (Å²) in [7, 11) is 0. The number of nitrogens with zero attached hydrogens (tertiary/aromatic N) is 2. The molecule has 0 saturated carbocycles. The molecule has 0 aliphatic rings.